The number of fused-ring (bicyclic) bond motifs is 1. The Morgan fingerprint density at radius 1 is 0.977 bits per heavy atom. The number of benzene rings is 1. The standard InChI is InChI=1S/C28H40N10O5/c1-15(2)23(38-24(39)19(29)11-17-13-32-14-35-17)26(41)37-22(10-16-12-34-20-7-4-3-6-18(16)20)25(40)36-21(27(42)43)8-5-9-33-28(30)31/h3-4,6-7,12-15,19,21-23,34H,5,8-11,29H2,1-2H3,(H,32,35)(H,36,40)(H,37,41)(H,38,39)(H,42,43)(H4,30,31,33). The van der Waals surface area contributed by atoms with E-state index >= 15 is 0 Å². The summed E-state index contributed by atoms with van der Waals surface area (Å²) in [4.78, 5) is 65.6. The van der Waals surface area contributed by atoms with Crippen LogP contribution >= 0.6 is 0 Å². The maximum atomic E-state index is 13.5. The number of aliphatic imine (C=N–C) groups is 1. The molecular weight excluding hydrogens is 556 g/mol. The third-order valence-electron chi connectivity index (χ3n) is 6.87. The first-order valence-electron chi connectivity index (χ1n) is 13.9. The van der Waals surface area contributed by atoms with Crippen LogP contribution < -0.4 is 33.2 Å². The van der Waals surface area contributed by atoms with Crippen LogP contribution in [-0.4, -0.2) is 80.4 Å². The topological polar surface area (TPSA) is 259 Å². The van der Waals surface area contributed by atoms with Gasteiger partial charge in [-0.15, -0.1) is 0 Å². The summed E-state index contributed by atoms with van der Waals surface area (Å²) in [7, 11) is 0. The van der Waals surface area contributed by atoms with Gasteiger partial charge in [-0.25, -0.2) is 9.78 Å². The Balaban J connectivity index is 1.78. The highest BCUT2D eigenvalue weighted by Gasteiger charge is 2.32. The number of H-pyrrole nitrogens is 2. The number of amides is 3. The first-order valence-corrected chi connectivity index (χ1v) is 13.9. The molecule has 4 unspecified atom stereocenters. The molecule has 0 radical (unpaired) electrons. The van der Waals surface area contributed by atoms with Gasteiger partial charge in [-0.1, -0.05) is 32.0 Å². The fourth-order valence-corrected chi connectivity index (χ4v) is 4.55. The molecule has 2 aromatic heterocycles. The molecule has 0 saturated carbocycles. The van der Waals surface area contributed by atoms with Crippen LogP contribution in [0.4, 0.5) is 0 Å². The van der Waals surface area contributed by atoms with Crippen molar-refractivity contribution in [3.05, 3.63) is 54.2 Å². The highest BCUT2D eigenvalue weighted by atomic mass is 16.4. The molecule has 1 aromatic carbocycles. The summed E-state index contributed by atoms with van der Waals surface area (Å²) >= 11 is 0. The van der Waals surface area contributed by atoms with Gasteiger partial charge in [-0.3, -0.25) is 19.4 Å². The van der Waals surface area contributed by atoms with Crippen LogP contribution in [0.15, 0.2) is 48.0 Å². The van der Waals surface area contributed by atoms with Crippen LogP contribution in [0.1, 0.15) is 37.9 Å². The second kappa shape index (κ2) is 15.3. The summed E-state index contributed by atoms with van der Waals surface area (Å²) in [5.74, 6) is -3.58. The van der Waals surface area contributed by atoms with Crippen molar-refractivity contribution in [1.82, 2.24) is 30.9 Å². The zero-order chi connectivity index (χ0) is 31.5. The van der Waals surface area contributed by atoms with Gasteiger partial charge in [0.1, 0.15) is 18.1 Å². The molecule has 0 saturated heterocycles. The van der Waals surface area contributed by atoms with E-state index in [1.165, 1.54) is 6.33 Å². The molecule has 0 aliphatic heterocycles. The van der Waals surface area contributed by atoms with Gasteiger partial charge >= 0.3 is 5.97 Å². The van der Waals surface area contributed by atoms with Crippen molar-refractivity contribution in [2.45, 2.75) is 63.7 Å². The van der Waals surface area contributed by atoms with Gasteiger partial charge in [0, 0.05) is 48.4 Å². The molecule has 0 bridgehead atoms. The molecule has 2 heterocycles. The zero-order valence-electron chi connectivity index (χ0n) is 24.2. The molecule has 0 fully saturated rings. The number of guanidine groups is 1. The third-order valence-corrected chi connectivity index (χ3v) is 6.87. The van der Waals surface area contributed by atoms with E-state index in [4.69, 9.17) is 17.2 Å². The molecule has 3 rings (SSSR count). The molecule has 15 heteroatoms. The van der Waals surface area contributed by atoms with E-state index in [0.717, 1.165) is 16.5 Å². The van der Waals surface area contributed by atoms with Gasteiger partial charge in [0.05, 0.1) is 12.4 Å². The number of carbonyl (C=O) groups is 4. The predicted octanol–water partition coefficient (Wildman–Crippen LogP) is -0.748. The van der Waals surface area contributed by atoms with Gasteiger partial charge in [-0.05, 0) is 30.4 Å². The molecule has 0 aliphatic carbocycles. The van der Waals surface area contributed by atoms with Crippen LogP contribution in [0, 0.1) is 5.92 Å². The molecular formula is C28H40N10O5. The molecule has 15 nitrogen and oxygen atoms in total. The van der Waals surface area contributed by atoms with Crippen molar-refractivity contribution in [1.29, 1.82) is 0 Å². The lowest BCUT2D eigenvalue weighted by molar-refractivity contribution is -0.142. The Labute approximate surface area is 248 Å². The number of aromatic nitrogens is 3. The Morgan fingerprint density at radius 2 is 1.70 bits per heavy atom. The number of nitrogens with zero attached hydrogens (tertiary/aromatic N) is 2. The minimum absolute atomic E-state index is 0.0556. The van der Waals surface area contributed by atoms with Crippen LogP contribution in [0.2, 0.25) is 0 Å². The number of hydrogen-bond acceptors (Lipinski definition) is 7. The first kappa shape index (κ1) is 32.6. The van der Waals surface area contributed by atoms with E-state index in [-0.39, 0.29) is 37.7 Å². The molecule has 43 heavy (non-hydrogen) atoms. The summed E-state index contributed by atoms with van der Waals surface area (Å²) in [5.41, 5.74) is 18.9. The van der Waals surface area contributed by atoms with Crippen molar-refractivity contribution >= 4 is 40.6 Å². The lowest BCUT2D eigenvalue weighted by Gasteiger charge is -2.27. The molecule has 0 spiro atoms. The van der Waals surface area contributed by atoms with Gasteiger partial charge in [0.15, 0.2) is 5.96 Å². The van der Waals surface area contributed by atoms with E-state index in [0.29, 0.717) is 12.1 Å². The van der Waals surface area contributed by atoms with Crippen LogP contribution in [0.25, 0.3) is 10.9 Å². The summed E-state index contributed by atoms with van der Waals surface area (Å²) in [6.45, 7) is 3.68. The number of carbonyl (C=O) groups excluding carboxylic acids is 3. The number of para-hydroxylation sites is 1. The summed E-state index contributed by atoms with van der Waals surface area (Å²) in [6.07, 6.45) is 5.36. The van der Waals surface area contributed by atoms with E-state index in [1.54, 1.807) is 26.2 Å². The highest BCUT2D eigenvalue weighted by molar-refractivity contribution is 5.95. The van der Waals surface area contributed by atoms with Crippen molar-refractivity contribution in [2.75, 3.05) is 6.54 Å². The largest absolute Gasteiger partial charge is 0.480 e. The Hall–Kier alpha value is -4.92. The van der Waals surface area contributed by atoms with E-state index in [2.05, 4.69) is 35.9 Å². The maximum Gasteiger partial charge on any atom is 0.326 e. The minimum atomic E-state index is -1.25. The normalized spacial score (nSPS) is 14.0. The third kappa shape index (κ3) is 9.56. The number of rotatable bonds is 16. The van der Waals surface area contributed by atoms with Crippen molar-refractivity contribution in [2.24, 2.45) is 28.1 Å². The molecule has 0 aliphatic rings. The average Bonchev–Trinajstić information content (AvgIpc) is 3.62. The Kier molecular flexibility index (Phi) is 11.6. The number of aromatic amines is 2. The van der Waals surface area contributed by atoms with Gasteiger partial charge < -0.3 is 48.2 Å². The second-order valence-corrected chi connectivity index (χ2v) is 10.6. The van der Waals surface area contributed by atoms with Crippen molar-refractivity contribution < 1.29 is 24.3 Å². The molecule has 232 valence electrons. The highest BCUT2D eigenvalue weighted by Crippen LogP contribution is 2.19. The molecule has 3 amide bonds. The quantitative estimate of drug-likeness (QED) is 0.0571. The smallest absolute Gasteiger partial charge is 0.326 e. The van der Waals surface area contributed by atoms with Crippen LogP contribution in [-0.2, 0) is 32.0 Å². The van der Waals surface area contributed by atoms with Gasteiger partial charge in [-0.2, -0.15) is 0 Å². The Bertz CT molecular complexity index is 1410. The van der Waals surface area contributed by atoms with Gasteiger partial charge in [0.25, 0.3) is 0 Å². The van der Waals surface area contributed by atoms with Gasteiger partial charge in [0.2, 0.25) is 17.7 Å². The van der Waals surface area contributed by atoms with Crippen LogP contribution in [0.3, 0.4) is 0 Å². The first-order chi connectivity index (χ1) is 20.5. The SMILES string of the molecule is CC(C)C(NC(=O)C(N)Cc1cnc[nH]1)C(=O)NC(Cc1c[nH]c2ccccc12)C(=O)NC(CCCN=C(N)N)C(=O)O. The molecule has 4 atom stereocenters. The predicted molar refractivity (Wildman–Crippen MR) is 160 cm³/mol. The number of nitrogens with two attached hydrogens (primary N) is 3. The number of imidazole rings is 1. The van der Waals surface area contributed by atoms with E-state index in [1.807, 2.05) is 24.3 Å². The van der Waals surface area contributed by atoms with Crippen LogP contribution in [0.5, 0.6) is 0 Å². The number of carboxylic acids is 1. The Morgan fingerprint density at radius 3 is 2.35 bits per heavy atom. The second-order valence-electron chi connectivity index (χ2n) is 10.6. The van der Waals surface area contributed by atoms with Crippen molar-refractivity contribution in [3.8, 4) is 0 Å². The number of nitrogens with one attached hydrogen (secondary N) is 5. The summed E-state index contributed by atoms with van der Waals surface area (Å²) < 4.78 is 0. The average molecular weight is 597 g/mol. The lowest BCUT2D eigenvalue weighted by atomic mass is 9.99. The molecule has 12 N–H and O–H groups in total. The fourth-order valence-electron chi connectivity index (χ4n) is 4.55. The van der Waals surface area contributed by atoms with E-state index in [9.17, 15) is 24.3 Å². The number of aliphatic carboxylic acids is 1. The molecule has 3 aromatic rings. The summed E-state index contributed by atoms with van der Waals surface area (Å²) in [6, 6.07) is 3.08. The number of hydrogen-bond donors (Lipinski definition) is 9. The minimum Gasteiger partial charge on any atom is -0.480 e. The monoisotopic (exact) mass is 596 g/mol. The lowest BCUT2D eigenvalue weighted by Crippen LogP contribution is -2.59. The summed E-state index contributed by atoms with van der Waals surface area (Å²) in [5, 5.41) is 18.5. The van der Waals surface area contributed by atoms with E-state index < -0.39 is 47.9 Å². The maximum absolute atomic E-state index is 13.5. The zero-order valence-corrected chi connectivity index (χ0v) is 24.2. The fraction of sp³-hybridized carbons (Fsp3) is 0.429. The van der Waals surface area contributed by atoms with Crippen molar-refractivity contribution in [3.63, 3.8) is 0 Å². The number of carboxylic acid groups (broad SMARTS) is 1.